The van der Waals surface area contributed by atoms with Crippen LogP contribution in [0.4, 0.5) is 0 Å². The second kappa shape index (κ2) is 5.78. The van der Waals surface area contributed by atoms with Crippen molar-refractivity contribution in [1.29, 1.82) is 5.26 Å². The minimum Gasteiger partial charge on any atom is -0.263 e. The molecule has 2 aromatic carbocycles. The minimum atomic E-state index is -0.180. The second-order valence-electron chi connectivity index (χ2n) is 4.55. The highest BCUT2D eigenvalue weighted by Gasteiger charge is 2.22. The number of aromatic amines is 1. The van der Waals surface area contributed by atoms with E-state index in [0.717, 1.165) is 11.1 Å². The van der Waals surface area contributed by atoms with Crippen molar-refractivity contribution in [3.05, 3.63) is 82.4 Å². The molecule has 0 saturated heterocycles. The molecule has 0 aliphatic carbocycles. The summed E-state index contributed by atoms with van der Waals surface area (Å²) in [7, 11) is 0. The van der Waals surface area contributed by atoms with Gasteiger partial charge in [0, 0.05) is 5.02 Å². The van der Waals surface area contributed by atoms with Gasteiger partial charge in [-0.15, -0.1) is 0 Å². The predicted molar refractivity (Wildman–Crippen MR) is 79.9 cm³/mol. The van der Waals surface area contributed by atoms with Gasteiger partial charge in [0.1, 0.15) is 12.2 Å². The summed E-state index contributed by atoms with van der Waals surface area (Å²) in [6.45, 7) is 0. The molecular weight excluding hydrogens is 284 g/mol. The average molecular weight is 295 g/mol. The average Bonchev–Trinajstić information content (AvgIpc) is 3.04. The van der Waals surface area contributed by atoms with Crippen LogP contribution in [0.25, 0.3) is 0 Å². The molecule has 0 aliphatic rings. The lowest BCUT2D eigenvalue weighted by molar-refractivity contribution is 0.859. The van der Waals surface area contributed by atoms with Crippen LogP contribution in [0.1, 0.15) is 28.4 Å². The van der Waals surface area contributed by atoms with Crippen LogP contribution < -0.4 is 0 Å². The molecule has 0 fully saturated rings. The minimum absolute atomic E-state index is 0.180. The van der Waals surface area contributed by atoms with E-state index in [0.29, 0.717) is 16.4 Å². The lowest BCUT2D eigenvalue weighted by Crippen LogP contribution is -2.07. The fraction of sp³-hybridized carbons (Fsp3) is 0.0625. The molecule has 102 valence electrons. The van der Waals surface area contributed by atoms with E-state index in [1.54, 1.807) is 6.07 Å². The molecule has 0 amide bonds. The Balaban J connectivity index is 2.18. The zero-order chi connectivity index (χ0) is 14.7. The van der Waals surface area contributed by atoms with Crippen LogP contribution in [0, 0.1) is 11.3 Å². The Kier molecular flexibility index (Phi) is 3.67. The zero-order valence-corrected chi connectivity index (χ0v) is 11.7. The van der Waals surface area contributed by atoms with Crippen LogP contribution in [0.15, 0.2) is 54.9 Å². The molecule has 0 bridgehead atoms. The van der Waals surface area contributed by atoms with Gasteiger partial charge < -0.3 is 0 Å². The van der Waals surface area contributed by atoms with Crippen molar-refractivity contribution in [2.24, 2.45) is 0 Å². The maximum absolute atomic E-state index is 9.34. The summed E-state index contributed by atoms with van der Waals surface area (Å²) in [5.74, 6) is 0.514. The number of H-pyrrole nitrogens is 1. The van der Waals surface area contributed by atoms with Crippen molar-refractivity contribution in [3.8, 4) is 6.07 Å². The third-order valence-corrected chi connectivity index (χ3v) is 3.55. The van der Waals surface area contributed by atoms with Gasteiger partial charge in [-0.25, -0.2) is 4.98 Å². The van der Waals surface area contributed by atoms with Crippen LogP contribution >= 0.6 is 11.6 Å². The monoisotopic (exact) mass is 294 g/mol. The lowest BCUT2D eigenvalue weighted by Gasteiger charge is -2.16. The van der Waals surface area contributed by atoms with Crippen LogP contribution in [0.2, 0.25) is 5.02 Å². The van der Waals surface area contributed by atoms with Crippen LogP contribution in [0.5, 0.6) is 0 Å². The number of nitrogens with zero attached hydrogens (tertiary/aromatic N) is 3. The molecular formula is C16H11ClN4. The molecule has 1 unspecified atom stereocenters. The van der Waals surface area contributed by atoms with Gasteiger partial charge in [-0.05, 0) is 29.3 Å². The Labute approximate surface area is 127 Å². The van der Waals surface area contributed by atoms with E-state index in [2.05, 4.69) is 21.3 Å². The zero-order valence-electron chi connectivity index (χ0n) is 11.0. The third-order valence-electron chi connectivity index (χ3n) is 3.30. The molecule has 3 aromatic rings. The summed E-state index contributed by atoms with van der Waals surface area (Å²) >= 11 is 5.96. The molecule has 1 N–H and O–H groups in total. The molecule has 4 nitrogen and oxygen atoms in total. The fourth-order valence-electron chi connectivity index (χ4n) is 2.34. The summed E-state index contributed by atoms with van der Waals surface area (Å²) in [6, 6.07) is 17.2. The summed E-state index contributed by atoms with van der Waals surface area (Å²) < 4.78 is 0. The van der Waals surface area contributed by atoms with Gasteiger partial charge >= 0.3 is 0 Å². The van der Waals surface area contributed by atoms with Gasteiger partial charge in [-0.2, -0.15) is 10.4 Å². The van der Waals surface area contributed by atoms with Crippen LogP contribution in [-0.4, -0.2) is 15.2 Å². The highest BCUT2D eigenvalue weighted by molar-refractivity contribution is 6.30. The van der Waals surface area contributed by atoms with Crippen molar-refractivity contribution in [2.45, 2.75) is 5.92 Å². The standard InChI is InChI=1S/C16H11ClN4/c17-13-7-5-11(6-8-13)15(16-19-10-20-21-16)14-4-2-1-3-12(14)9-18/h1-8,10,15H,(H,19,20,21). The molecule has 3 rings (SSSR count). The third kappa shape index (κ3) is 2.64. The largest absolute Gasteiger partial charge is 0.263 e. The van der Waals surface area contributed by atoms with E-state index in [9.17, 15) is 5.26 Å². The topological polar surface area (TPSA) is 65.4 Å². The lowest BCUT2D eigenvalue weighted by atomic mass is 9.88. The first kappa shape index (κ1) is 13.3. The number of rotatable bonds is 3. The molecule has 0 aliphatic heterocycles. The van der Waals surface area contributed by atoms with Gasteiger partial charge in [0.05, 0.1) is 17.6 Å². The quantitative estimate of drug-likeness (QED) is 0.804. The number of nitriles is 1. The first-order valence-electron chi connectivity index (χ1n) is 6.39. The predicted octanol–water partition coefficient (Wildman–Crippen LogP) is 3.51. The summed E-state index contributed by atoms with van der Waals surface area (Å²) in [6.07, 6.45) is 1.47. The van der Waals surface area contributed by atoms with Crippen molar-refractivity contribution in [3.63, 3.8) is 0 Å². The molecule has 5 heteroatoms. The van der Waals surface area contributed by atoms with Crippen molar-refractivity contribution < 1.29 is 0 Å². The first-order chi connectivity index (χ1) is 10.3. The Hall–Kier alpha value is -2.64. The second-order valence-corrected chi connectivity index (χ2v) is 4.99. The van der Waals surface area contributed by atoms with E-state index in [1.165, 1.54) is 6.33 Å². The SMILES string of the molecule is N#Cc1ccccc1C(c1ccc(Cl)cc1)c1ncn[nH]1. The van der Waals surface area contributed by atoms with E-state index < -0.39 is 0 Å². The highest BCUT2D eigenvalue weighted by Crippen LogP contribution is 2.32. The van der Waals surface area contributed by atoms with E-state index in [4.69, 9.17) is 11.6 Å². The molecule has 21 heavy (non-hydrogen) atoms. The Morgan fingerprint density at radius 3 is 2.52 bits per heavy atom. The molecule has 1 atom stereocenters. The number of halogens is 1. The number of hydrogen-bond donors (Lipinski definition) is 1. The van der Waals surface area contributed by atoms with Gasteiger partial charge in [0.2, 0.25) is 0 Å². The Morgan fingerprint density at radius 1 is 1.10 bits per heavy atom. The molecule has 0 spiro atoms. The number of aromatic nitrogens is 3. The van der Waals surface area contributed by atoms with E-state index >= 15 is 0 Å². The Bertz CT molecular complexity index is 773. The van der Waals surface area contributed by atoms with Gasteiger partial charge in [0.15, 0.2) is 0 Å². The normalized spacial score (nSPS) is 11.8. The van der Waals surface area contributed by atoms with Crippen molar-refractivity contribution in [1.82, 2.24) is 15.2 Å². The fourth-order valence-corrected chi connectivity index (χ4v) is 2.47. The smallest absolute Gasteiger partial charge is 0.137 e. The number of hydrogen-bond acceptors (Lipinski definition) is 3. The molecule has 0 saturated carbocycles. The van der Waals surface area contributed by atoms with Crippen molar-refractivity contribution >= 4 is 11.6 Å². The summed E-state index contributed by atoms with van der Waals surface area (Å²) in [5.41, 5.74) is 2.51. The van der Waals surface area contributed by atoms with Gasteiger partial charge in [0.25, 0.3) is 0 Å². The van der Waals surface area contributed by atoms with E-state index in [-0.39, 0.29) is 5.92 Å². The molecule has 1 heterocycles. The maximum atomic E-state index is 9.34. The van der Waals surface area contributed by atoms with E-state index in [1.807, 2.05) is 42.5 Å². The van der Waals surface area contributed by atoms with Crippen molar-refractivity contribution in [2.75, 3.05) is 0 Å². The first-order valence-corrected chi connectivity index (χ1v) is 6.77. The van der Waals surface area contributed by atoms with Gasteiger partial charge in [-0.3, -0.25) is 5.10 Å². The summed E-state index contributed by atoms with van der Waals surface area (Å²) in [4.78, 5) is 4.26. The Morgan fingerprint density at radius 2 is 1.86 bits per heavy atom. The number of benzene rings is 2. The van der Waals surface area contributed by atoms with Crippen LogP contribution in [-0.2, 0) is 0 Å². The molecule has 0 radical (unpaired) electrons. The van der Waals surface area contributed by atoms with Crippen LogP contribution in [0.3, 0.4) is 0 Å². The molecule has 1 aromatic heterocycles. The maximum Gasteiger partial charge on any atom is 0.137 e. The number of nitrogens with one attached hydrogen (secondary N) is 1. The highest BCUT2D eigenvalue weighted by atomic mass is 35.5. The van der Waals surface area contributed by atoms with Gasteiger partial charge in [-0.1, -0.05) is 41.9 Å². The summed E-state index contributed by atoms with van der Waals surface area (Å²) in [5, 5.41) is 16.8.